The van der Waals surface area contributed by atoms with Crippen molar-refractivity contribution < 1.29 is 19.5 Å². The fourth-order valence-corrected chi connectivity index (χ4v) is 1.19. The van der Waals surface area contributed by atoms with E-state index >= 15 is 0 Å². The van der Waals surface area contributed by atoms with Crippen LogP contribution in [0.3, 0.4) is 0 Å². The Labute approximate surface area is 111 Å². The van der Waals surface area contributed by atoms with Crippen molar-refractivity contribution in [1.82, 2.24) is 10.2 Å². The summed E-state index contributed by atoms with van der Waals surface area (Å²) in [6.07, 6.45) is 0.165. The van der Waals surface area contributed by atoms with Crippen LogP contribution in [0.25, 0.3) is 0 Å². The molecule has 19 heavy (non-hydrogen) atoms. The second-order valence-corrected chi connectivity index (χ2v) is 3.80. The average molecular weight is 267 g/mol. The van der Waals surface area contributed by atoms with Crippen LogP contribution < -0.4 is 5.32 Å². The molecular formula is C12H17N3O4. The third kappa shape index (κ3) is 5.21. The lowest BCUT2D eigenvalue weighted by molar-refractivity contribution is -0.133. The molecule has 0 heterocycles. The summed E-state index contributed by atoms with van der Waals surface area (Å²) in [6.45, 7) is 4.90. The molecule has 0 saturated carbocycles. The van der Waals surface area contributed by atoms with E-state index in [9.17, 15) is 14.4 Å². The van der Waals surface area contributed by atoms with Gasteiger partial charge in [0.15, 0.2) is 0 Å². The number of imide groups is 1. The second-order valence-electron chi connectivity index (χ2n) is 3.80. The number of nitriles is 1. The Bertz CT molecular complexity index is 448. The van der Waals surface area contributed by atoms with Gasteiger partial charge in [-0.25, -0.2) is 9.59 Å². The molecule has 0 fully saturated rings. The number of nitrogens with one attached hydrogen (secondary N) is 1. The van der Waals surface area contributed by atoms with Crippen LogP contribution in [0.1, 0.15) is 27.2 Å². The second kappa shape index (κ2) is 7.87. The van der Waals surface area contributed by atoms with Crippen molar-refractivity contribution in [1.29, 1.82) is 5.26 Å². The first-order valence-electron chi connectivity index (χ1n) is 5.73. The van der Waals surface area contributed by atoms with Gasteiger partial charge in [-0.3, -0.25) is 10.1 Å². The topological polar surface area (TPSA) is 111 Å². The van der Waals surface area contributed by atoms with Crippen LogP contribution in [0, 0.1) is 11.3 Å². The van der Waals surface area contributed by atoms with Gasteiger partial charge >= 0.3 is 12.0 Å². The fourth-order valence-electron chi connectivity index (χ4n) is 1.19. The van der Waals surface area contributed by atoms with E-state index in [0.717, 1.165) is 0 Å². The first kappa shape index (κ1) is 16.6. The van der Waals surface area contributed by atoms with E-state index in [1.165, 1.54) is 18.7 Å². The molecular weight excluding hydrogens is 250 g/mol. The Morgan fingerprint density at radius 1 is 1.26 bits per heavy atom. The van der Waals surface area contributed by atoms with Gasteiger partial charge in [0.2, 0.25) is 0 Å². The highest BCUT2D eigenvalue weighted by atomic mass is 16.4. The zero-order valence-electron chi connectivity index (χ0n) is 11.2. The molecule has 0 atom stereocenters. The fraction of sp³-hybridized carbons (Fsp3) is 0.500. The molecule has 0 aromatic heterocycles. The lowest BCUT2D eigenvalue weighted by Gasteiger charge is -2.19. The number of hydrogen-bond acceptors (Lipinski definition) is 4. The number of carbonyl (C=O) groups excluding carboxylic acids is 2. The van der Waals surface area contributed by atoms with Crippen molar-refractivity contribution >= 4 is 17.9 Å². The van der Waals surface area contributed by atoms with Crippen molar-refractivity contribution in [2.45, 2.75) is 27.2 Å². The zero-order valence-corrected chi connectivity index (χ0v) is 11.2. The molecule has 0 aliphatic rings. The maximum absolute atomic E-state index is 11.7. The number of amides is 3. The highest BCUT2D eigenvalue weighted by molar-refractivity contribution is 6.07. The summed E-state index contributed by atoms with van der Waals surface area (Å²) in [5, 5.41) is 19.3. The van der Waals surface area contributed by atoms with Crippen LogP contribution in [-0.2, 0) is 9.59 Å². The number of carbonyl (C=O) groups is 3. The number of carboxylic acids is 1. The van der Waals surface area contributed by atoms with Gasteiger partial charge in [-0.15, -0.1) is 0 Å². The summed E-state index contributed by atoms with van der Waals surface area (Å²) < 4.78 is 0. The molecule has 0 aliphatic carbocycles. The van der Waals surface area contributed by atoms with Crippen molar-refractivity contribution in [3.63, 3.8) is 0 Å². The molecule has 7 heteroatoms. The summed E-state index contributed by atoms with van der Waals surface area (Å²) in [6, 6.07) is 1.26. The van der Waals surface area contributed by atoms with E-state index in [4.69, 9.17) is 10.4 Å². The number of hydrogen-bond donors (Lipinski definition) is 2. The smallest absolute Gasteiger partial charge is 0.331 e. The van der Waals surface area contributed by atoms with Crippen LogP contribution in [-0.4, -0.2) is 41.0 Å². The Morgan fingerprint density at radius 2 is 1.84 bits per heavy atom. The van der Waals surface area contributed by atoms with Gasteiger partial charge in [0.1, 0.15) is 0 Å². The normalized spacial score (nSPS) is 11.1. The van der Waals surface area contributed by atoms with Gasteiger partial charge < -0.3 is 10.0 Å². The van der Waals surface area contributed by atoms with E-state index in [-0.39, 0.29) is 24.1 Å². The van der Waals surface area contributed by atoms with Crippen molar-refractivity contribution in [2.75, 3.05) is 13.1 Å². The molecule has 0 aromatic rings. The standard InChI is InChI=1S/C12H17N3O4/c1-4-15(7-5-6-13)12(19)14-10(16)8(2)9(3)11(17)18/h4-5,7H2,1-3H3,(H,17,18)(H,14,16,19). The van der Waals surface area contributed by atoms with E-state index in [0.29, 0.717) is 6.54 Å². The van der Waals surface area contributed by atoms with Gasteiger partial charge in [0.25, 0.3) is 5.91 Å². The minimum atomic E-state index is -1.21. The number of carboxylic acid groups (broad SMARTS) is 1. The van der Waals surface area contributed by atoms with Crippen molar-refractivity contribution in [3.8, 4) is 6.07 Å². The molecule has 104 valence electrons. The quantitative estimate of drug-likeness (QED) is 0.718. The summed E-state index contributed by atoms with van der Waals surface area (Å²) in [7, 11) is 0. The summed E-state index contributed by atoms with van der Waals surface area (Å²) in [5.41, 5.74) is -0.150. The molecule has 0 bridgehead atoms. The number of aliphatic carboxylic acids is 1. The first-order chi connectivity index (χ1) is 8.84. The monoisotopic (exact) mass is 267 g/mol. The highest BCUT2D eigenvalue weighted by Gasteiger charge is 2.18. The molecule has 0 aromatic carbocycles. The van der Waals surface area contributed by atoms with E-state index in [1.54, 1.807) is 6.92 Å². The largest absolute Gasteiger partial charge is 0.478 e. The van der Waals surface area contributed by atoms with Crippen LogP contribution in [0.15, 0.2) is 11.1 Å². The van der Waals surface area contributed by atoms with E-state index in [2.05, 4.69) is 5.32 Å². The van der Waals surface area contributed by atoms with Crippen LogP contribution >= 0.6 is 0 Å². The average Bonchev–Trinajstić information content (AvgIpc) is 2.37. The minimum Gasteiger partial charge on any atom is -0.478 e. The SMILES string of the molecule is CCN(CCC#N)C(=O)NC(=O)C(C)=C(C)C(=O)O. The van der Waals surface area contributed by atoms with Crippen LogP contribution in [0.4, 0.5) is 4.79 Å². The Kier molecular flexibility index (Phi) is 6.89. The Balaban J connectivity index is 4.73. The lowest BCUT2D eigenvalue weighted by Crippen LogP contribution is -2.43. The molecule has 7 nitrogen and oxygen atoms in total. The number of urea groups is 1. The van der Waals surface area contributed by atoms with E-state index in [1.807, 2.05) is 6.07 Å². The van der Waals surface area contributed by atoms with Gasteiger partial charge in [-0.1, -0.05) is 0 Å². The molecule has 0 saturated heterocycles. The minimum absolute atomic E-state index is 0.0304. The number of rotatable bonds is 5. The molecule has 3 amide bonds. The summed E-state index contributed by atoms with van der Waals surface area (Å²) in [5.74, 6) is -1.96. The van der Waals surface area contributed by atoms with Gasteiger partial charge in [0, 0.05) is 24.2 Å². The molecule has 0 rings (SSSR count). The van der Waals surface area contributed by atoms with Gasteiger partial charge in [0.05, 0.1) is 12.5 Å². The van der Waals surface area contributed by atoms with Gasteiger partial charge in [-0.05, 0) is 20.8 Å². The maximum atomic E-state index is 11.7. The third-order valence-corrected chi connectivity index (χ3v) is 2.61. The molecule has 0 radical (unpaired) electrons. The predicted octanol–water partition coefficient (Wildman–Crippen LogP) is 0.879. The van der Waals surface area contributed by atoms with E-state index < -0.39 is 17.9 Å². The van der Waals surface area contributed by atoms with Crippen LogP contribution in [0.2, 0.25) is 0 Å². The van der Waals surface area contributed by atoms with Gasteiger partial charge in [-0.2, -0.15) is 5.26 Å². The van der Waals surface area contributed by atoms with Crippen molar-refractivity contribution in [3.05, 3.63) is 11.1 Å². The molecule has 0 spiro atoms. The summed E-state index contributed by atoms with van der Waals surface area (Å²) >= 11 is 0. The van der Waals surface area contributed by atoms with Crippen LogP contribution in [0.5, 0.6) is 0 Å². The summed E-state index contributed by atoms with van der Waals surface area (Å²) in [4.78, 5) is 35.3. The molecule has 0 aliphatic heterocycles. The highest BCUT2D eigenvalue weighted by Crippen LogP contribution is 2.04. The zero-order chi connectivity index (χ0) is 15.0. The van der Waals surface area contributed by atoms with Crippen molar-refractivity contribution in [2.24, 2.45) is 0 Å². The molecule has 2 N–H and O–H groups in total. The first-order valence-corrected chi connectivity index (χ1v) is 5.73. The Hall–Kier alpha value is -2.36. The maximum Gasteiger partial charge on any atom is 0.331 e. The molecule has 0 unspecified atom stereocenters. The lowest BCUT2D eigenvalue weighted by atomic mass is 10.1. The Morgan fingerprint density at radius 3 is 2.26 bits per heavy atom. The number of nitrogens with zero attached hydrogens (tertiary/aromatic N) is 2. The third-order valence-electron chi connectivity index (χ3n) is 2.61. The predicted molar refractivity (Wildman–Crippen MR) is 67.0 cm³/mol.